The van der Waals surface area contributed by atoms with Crippen LogP contribution in [0.5, 0.6) is 5.75 Å². The van der Waals surface area contributed by atoms with Gasteiger partial charge in [0.25, 0.3) is 0 Å². The number of benzene rings is 1. The molecule has 0 saturated carbocycles. The third kappa shape index (κ3) is 4.20. The van der Waals surface area contributed by atoms with E-state index in [1.54, 1.807) is 7.11 Å². The summed E-state index contributed by atoms with van der Waals surface area (Å²) in [6.45, 7) is 1.94. The van der Waals surface area contributed by atoms with Crippen LogP contribution in [0.2, 0.25) is 0 Å². The summed E-state index contributed by atoms with van der Waals surface area (Å²) in [6, 6.07) is 5.70. The number of methoxy groups -OCH3 is 1. The summed E-state index contributed by atoms with van der Waals surface area (Å²) in [5.41, 5.74) is 2.01. The first kappa shape index (κ1) is 13.0. The molecule has 0 unspecified atom stereocenters. The van der Waals surface area contributed by atoms with Crippen molar-refractivity contribution < 1.29 is 17.7 Å². The SMILES string of the molecule is COc1cc(CCCS(=O)(=O)[O-])ccc1C. The molecule has 90 valence electrons. The first-order valence-electron chi connectivity index (χ1n) is 4.99. The predicted molar refractivity (Wildman–Crippen MR) is 60.6 cm³/mol. The molecule has 1 aromatic rings. The van der Waals surface area contributed by atoms with Gasteiger partial charge in [-0.15, -0.1) is 0 Å². The fourth-order valence-corrected chi connectivity index (χ4v) is 1.97. The van der Waals surface area contributed by atoms with Gasteiger partial charge >= 0.3 is 0 Å². The Balaban J connectivity index is 2.61. The molecule has 0 radical (unpaired) electrons. The molecule has 0 atom stereocenters. The minimum atomic E-state index is -4.10. The maximum Gasteiger partial charge on any atom is 0.122 e. The van der Waals surface area contributed by atoms with Crippen molar-refractivity contribution in [1.82, 2.24) is 0 Å². The van der Waals surface area contributed by atoms with Gasteiger partial charge in [-0.3, -0.25) is 0 Å². The standard InChI is InChI=1S/C11H16O4S/c1-9-5-6-10(8-11(9)15-2)4-3-7-16(12,13)14/h5-6,8H,3-4,7H2,1-2H3,(H,12,13,14)/p-1. The van der Waals surface area contributed by atoms with Crippen LogP contribution >= 0.6 is 0 Å². The molecule has 0 fully saturated rings. The molecule has 0 aromatic heterocycles. The number of hydrogen-bond donors (Lipinski definition) is 0. The van der Waals surface area contributed by atoms with Gasteiger partial charge in [0.05, 0.1) is 17.2 Å². The van der Waals surface area contributed by atoms with E-state index in [-0.39, 0.29) is 5.75 Å². The molecule has 16 heavy (non-hydrogen) atoms. The van der Waals surface area contributed by atoms with E-state index in [2.05, 4.69) is 0 Å². The van der Waals surface area contributed by atoms with Gasteiger partial charge in [0.15, 0.2) is 0 Å². The van der Waals surface area contributed by atoms with Crippen LogP contribution in [-0.2, 0) is 16.5 Å². The average molecular weight is 243 g/mol. The Bertz CT molecular complexity index is 451. The topological polar surface area (TPSA) is 66.4 Å². The zero-order valence-corrected chi connectivity index (χ0v) is 10.2. The van der Waals surface area contributed by atoms with E-state index < -0.39 is 10.1 Å². The van der Waals surface area contributed by atoms with E-state index in [1.807, 2.05) is 25.1 Å². The Morgan fingerprint density at radius 2 is 2.06 bits per heavy atom. The second-order valence-electron chi connectivity index (χ2n) is 3.67. The van der Waals surface area contributed by atoms with Crippen LogP contribution in [-0.4, -0.2) is 25.8 Å². The molecule has 0 spiro atoms. The van der Waals surface area contributed by atoms with E-state index in [4.69, 9.17) is 4.74 Å². The number of hydrogen-bond acceptors (Lipinski definition) is 4. The average Bonchev–Trinajstić information content (AvgIpc) is 2.18. The van der Waals surface area contributed by atoms with E-state index in [0.717, 1.165) is 16.9 Å². The van der Waals surface area contributed by atoms with Crippen LogP contribution in [0.1, 0.15) is 17.5 Å². The van der Waals surface area contributed by atoms with Crippen LogP contribution in [0.3, 0.4) is 0 Å². The third-order valence-corrected chi connectivity index (χ3v) is 3.12. The summed E-state index contributed by atoms with van der Waals surface area (Å²) < 4.78 is 36.4. The molecule has 5 heteroatoms. The Kier molecular flexibility index (Phi) is 4.32. The summed E-state index contributed by atoms with van der Waals surface area (Å²) in [6.07, 6.45) is 0.913. The lowest BCUT2D eigenvalue weighted by Crippen LogP contribution is -2.05. The van der Waals surface area contributed by atoms with Gasteiger partial charge < -0.3 is 9.29 Å². The molecule has 0 bridgehead atoms. The maximum atomic E-state index is 10.4. The Morgan fingerprint density at radius 1 is 1.38 bits per heavy atom. The molecule has 0 N–H and O–H groups in total. The van der Waals surface area contributed by atoms with Crippen LogP contribution in [0.15, 0.2) is 18.2 Å². The van der Waals surface area contributed by atoms with Crippen LogP contribution in [0.4, 0.5) is 0 Å². The largest absolute Gasteiger partial charge is 0.748 e. The van der Waals surface area contributed by atoms with Gasteiger partial charge in [-0.05, 0) is 37.0 Å². The Morgan fingerprint density at radius 3 is 2.62 bits per heavy atom. The van der Waals surface area contributed by atoms with Gasteiger partial charge in [0.1, 0.15) is 5.75 Å². The smallest absolute Gasteiger partial charge is 0.122 e. The molecule has 0 aliphatic carbocycles. The monoisotopic (exact) mass is 243 g/mol. The number of rotatable bonds is 5. The van der Waals surface area contributed by atoms with E-state index in [9.17, 15) is 13.0 Å². The highest BCUT2D eigenvalue weighted by Gasteiger charge is 2.01. The van der Waals surface area contributed by atoms with Crippen molar-refractivity contribution in [3.63, 3.8) is 0 Å². The quantitative estimate of drug-likeness (QED) is 0.735. The molecule has 4 nitrogen and oxygen atoms in total. The highest BCUT2D eigenvalue weighted by Crippen LogP contribution is 2.19. The molecule has 0 heterocycles. The predicted octanol–water partition coefficient (Wildman–Crippen LogP) is 1.48. The van der Waals surface area contributed by atoms with Gasteiger partial charge in [0, 0.05) is 5.75 Å². The van der Waals surface area contributed by atoms with Crippen LogP contribution in [0, 0.1) is 6.92 Å². The zero-order chi connectivity index (χ0) is 12.2. The lowest BCUT2D eigenvalue weighted by molar-refractivity contribution is 0.411. The highest BCUT2D eigenvalue weighted by atomic mass is 32.2. The second-order valence-corrected chi connectivity index (χ2v) is 5.19. The zero-order valence-electron chi connectivity index (χ0n) is 9.39. The summed E-state index contributed by atoms with van der Waals surface area (Å²) in [5.74, 6) is 0.464. The summed E-state index contributed by atoms with van der Waals surface area (Å²) in [5, 5.41) is 0. The van der Waals surface area contributed by atoms with Crippen molar-refractivity contribution in [2.75, 3.05) is 12.9 Å². The molecule has 1 aromatic carbocycles. The highest BCUT2D eigenvalue weighted by molar-refractivity contribution is 7.85. The lowest BCUT2D eigenvalue weighted by Gasteiger charge is -2.09. The summed E-state index contributed by atoms with van der Waals surface area (Å²) in [4.78, 5) is 0. The Labute approximate surface area is 96.0 Å². The Hall–Kier alpha value is -1.07. The van der Waals surface area contributed by atoms with Crippen LogP contribution in [0.25, 0.3) is 0 Å². The van der Waals surface area contributed by atoms with Crippen molar-refractivity contribution in [1.29, 1.82) is 0 Å². The third-order valence-electron chi connectivity index (χ3n) is 2.33. The minimum Gasteiger partial charge on any atom is -0.748 e. The second kappa shape index (κ2) is 5.32. The molecular weight excluding hydrogens is 228 g/mol. The molecule has 0 amide bonds. The fraction of sp³-hybridized carbons (Fsp3) is 0.455. The van der Waals surface area contributed by atoms with Crippen molar-refractivity contribution in [2.45, 2.75) is 19.8 Å². The van der Waals surface area contributed by atoms with E-state index in [0.29, 0.717) is 12.8 Å². The van der Waals surface area contributed by atoms with Gasteiger partial charge in [-0.1, -0.05) is 12.1 Å². The molecule has 0 aliphatic heterocycles. The van der Waals surface area contributed by atoms with Crippen molar-refractivity contribution in [3.05, 3.63) is 29.3 Å². The first-order chi connectivity index (χ1) is 7.42. The number of ether oxygens (including phenoxy) is 1. The summed E-state index contributed by atoms with van der Waals surface area (Å²) >= 11 is 0. The molecule has 0 aliphatic rings. The van der Waals surface area contributed by atoms with Gasteiger partial charge in [-0.25, -0.2) is 8.42 Å². The minimum absolute atomic E-state index is 0.316. The fourth-order valence-electron chi connectivity index (χ4n) is 1.47. The van der Waals surface area contributed by atoms with Crippen molar-refractivity contribution in [3.8, 4) is 5.75 Å². The van der Waals surface area contributed by atoms with E-state index in [1.165, 1.54) is 0 Å². The summed E-state index contributed by atoms with van der Waals surface area (Å²) in [7, 11) is -2.51. The molecule has 1 rings (SSSR count). The van der Waals surface area contributed by atoms with Crippen molar-refractivity contribution >= 4 is 10.1 Å². The normalized spacial score (nSPS) is 11.4. The van der Waals surface area contributed by atoms with E-state index >= 15 is 0 Å². The van der Waals surface area contributed by atoms with Crippen LogP contribution < -0.4 is 4.74 Å². The lowest BCUT2D eigenvalue weighted by atomic mass is 10.1. The first-order valence-corrected chi connectivity index (χ1v) is 6.57. The van der Waals surface area contributed by atoms with Gasteiger partial charge in [0.2, 0.25) is 0 Å². The number of aryl methyl sites for hydroxylation is 2. The van der Waals surface area contributed by atoms with Crippen molar-refractivity contribution in [2.24, 2.45) is 0 Å². The maximum absolute atomic E-state index is 10.4. The molecular formula is C11H15O4S-. The molecule has 0 saturated heterocycles. The van der Waals surface area contributed by atoms with Gasteiger partial charge in [-0.2, -0.15) is 0 Å².